The van der Waals surface area contributed by atoms with Crippen molar-refractivity contribution in [2.75, 3.05) is 13.7 Å². The zero-order valence-corrected chi connectivity index (χ0v) is 9.55. The predicted molar refractivity (Wildman–Crippen MR) is 58.0 cm³/mol. The van der Waals surface area contributed by atoms with E-state index in [1.165, 1.54) is 7.11 Å². The third-order valence-electron chi connectivity index (χ3n) is 2.93. The minimum atomic E-state index is -0.547. The minimum absolute atomic E-state index is 0.243. The lowest BCUT2D eigenvalue weighted by atomic mass is 9.82. The van der Waals surface area contributed by atoms with Gasteiger partial charge in [0, 0.05) is 6.42 Å². The van der Waals surface area contributed by atoms with Crippen molar-refractivity contribution >= 4 is 11.9 Å². The standard InChI is InChI=1S/C12H14O5/c1-3-4-16-9-6-10-8(11(13)15-2)5-7(9)12(14)17-10/h3,5,7,9-10H,1,4,6H2,2H3/t7-,9+,10-/m0/s1. The Kier molecular flexibility index (Phi) is 3.28. The fraction of sp³-hybridized carbons (Fsp3) is 0.500. The van der Waals surface area contributed by atoms with Crippen LogP contribution >= 0.6 is 0 Å². The summed E-state index contributed by atoms with van der Waals surface area (Å²) in [6, 6.07) is 0. The molecule has 0 unspecified atom stereocenters. The first-order valence-electron chi connectivity index (χ1n) is 5.40. The van der Waals surface area contributed by atoms with Crippen LogP contribution in [0.2, 0.25) is 0 Å². The Balaban J connectivity index is 2.17. The van der Waals surface area contributed by atoms with Crippen LogP contribution in [0.15, 0.2) is 24.3 Å². The number of hydrogen-bond acceptors (Lipinski definition) is 5. The molecule has 0 spiro atoms. The number of carbonyl (C=O) groups excluding carboxylic acids is 2. The molecule has 0 aromatic rings. The van der Waals surface area contributed by atoms with Gasteiger partial charge in [-0.2, -0.15) is 0 Å². The van der Waals surface area contributed by atoms with Crippen LogP contribution in [0.5, 0.6) is 0 Å². The van der Waals surface area contributed by atoms with E-state index in [1.54, 1.807) is 12.2 Å². The molecule has 3 aliphatic rings. The lowest BCUT2D eigenvalue weighted by Crippen LogP contribution is -2.48. The van der Waals surface area contributed by atoms with E-state index >= 15 is 0 Å². The second-order valence-corrected chi connectivity index (χ2v) is 3.96. The van der Waals surface area contributed by atoms with E-state index in [1.807, 2.05) is 0 Å². The van der Waals surface area contributed by atoms with Crippen molar-refractivity contribution in [3.8, 4) is 0 Å². The van der Waals surface area contributed by atoms with Crippen molar-refractivity contribution in [1.82, 2.24) is 0 Å². The highest BCUT2D eigenvalue weighted by atomic mass is 16.6. The smallest absolute Gasteiger partial charge is 0.337 e. The van der Waals surface area contributed by atoms with Crippen molar-refractivity contribution in [2.24, 2.45) is 5.92 Å². The molecule has 2 aliphatic heterocycles. The summed E-state index contributed by atoms with van der Waals surface area (Å²) in [6.07, 6.45) is 2.92. The van der Waals surface area contributed by atoms with Gasteiger partial charge in [0.25, 0.3) is 0 Å². The summed E-state index contributed by atoms with van der Waals surface area (Å²) in [7, 11) is 1.30. The summed E-state index contributed by atoms with van der Waals surface area (Å²) in [4.78, 5) is 23.0. The maximum Gasteiger partial charge on any atom is 0.337 e. The number of rotatable bonds is 4. The van der Waals surface area contributed by atoms with Gasteiger partial charge in [-0.15, -0.1) is 6.58 Å². The Morgan fingerprint density at radius 2 is 2.47 bits per heavy atom. The van der Waals surface area contributed by atoms with Gasteiger partial charge in [0.1, 0.15) is 12.0 Å². The van der Waals surface area contributed by atoms with Crippen molar-refractivity contribution in [3.05, 3.63) is 24.3 Å². The molecule has 0 N–H and O–H groups in total. The third-order valence-corrected chi connectivity index (χ3v) is 2.93. The van der Waals surface area contributed by atoms with Crippen molar-refractivity contribution < 1.29 is 23.8 Å². The number of fused-ring (bicyclic) bond motifs is 2. The lowest BCUT2D eigenvalue weighted by Gasteiger charge is -2.38. The summed E-state index contributed by atoms with van der Waals surface area (Å²) in [5, 5.41) is 0. The molecule has 0 radical (unpaired) electrons. The van der Waals surface area contributed by atoms with E-state index in [4.69, 9.17) is 9.47 Å². The highest BCUT2D eigenvalue weighted by Gasteiger charge is 2.46. The Hall–Kier alpha value is -1.62. The Morgan fingerprint density at radius 3 is 3.06 bits per heavy atom. The first kappa shape index (κ1) is 11.9. The number of esters is 2. The predicted octanol–water partition coefficient (Wildman–Crippen LogP) is 0.602. The number of carbonyl (C=O) groups is 2. The molecular weight excluding hydrogens is 224 g/mol. The fourth-order valence-corrected chi connectivity index (χ4v) is 2.12. The third kappa shape index (κ3) is 2.10. The quantitative estimate of drug-likeness (QED) is 0.530. The molecule has 3 atom stereocenters. The minimum Gasteiger partial charge on any atom is -0.466 e. The van der Waals surface area contributed by atoms with E-state index in [-0.39, 0.29) is 12.1 Å². The van der Waals surface area contributed by atoms with Gasteiger partial charge in [0.05, 0.1) is 25.4 Å². The number of ether oxygens (including phenoxy) is 3. The van der Waals surface area contributed by atoms with Crippen LogP contribution in [0.3, 0.4) is 0 Å². The van der Waals surface area contributed by atoms with E-state index < -0.39 is 18.0 Å². The summed E-state index contributed by atoms with van der Waals surface area (Å²) < 4.78 is 15.2. The molecule has 92 valence electrons. The van der Waals surface area contributed by atoms with Crippen LogP contribution in [0.1, 0.15) is 6.42 Å². The summed E-state index contributed by atoms with van der Waals surface area (Å²) in [6.45, 7) is 3.93. The SMILES string of the molecule is C=CCO[C@@H]1C[C@@H]2OC(=O)[C@H]1C=C2C(=O)OC. The van der Waals surface area contributed by atoms with Crippen LogP contribution in [0, 0.1) is 5.92 Å². The molecule has 2 bridgehead atoms. The number of methoxy groups -OCH3 is 1. The van der Waals surface area contributed by atoms with Gasteiger partial charge in [-0.1, -0.05) is 12.2 Å². The lowest BCUT2D eigenvalue weighted by molar-refractivity contribution is -0.171. The van der Waals surface area contributed by atoms with Gasteiger partial charge in [-0.25, -0.2) is 4.79 Å². The van der Waals surface area contributed by atoms with E-state index in [0.29, 0.717) is 18.6 Å². The first-order chi connectivity index (χ1) is 8.17. The van der Waals surface area contributed by atoms with Crippen LogP contribution in [0.4, 0.5) is 0 Å². The van der Waals surface area contributed by atoms with Crippen LogP contribution < -0.4 is 0 Å². The molecule has 0 amide bonds. The molecule has 3 rings (SSSR count). The Morgan fingerprint density at radius 1 is 1.71 bits per heavy atom. The summed E-state index contributed by atoms with van der Waals surface area (Å²) >= 11 is 0. The highest BCUT2D eigenvalue weighted by Crippen LogP contribution is 2.35. The molecule has 0 saturated carbocycles. The van der Waals surface area contributed by atoms with Gasteiger partial charge in [-0.05, 0) is 0 Å². The normalized spacial score (nSPS) is 30.5. The fourth-order valence-electron chi connectivity index (χ4n) is 2.12. The van der Waals surface area contributed by atoms with Crippen LogP contribution in [-0.2, 0) is 23.8 Å². The van der Waals surface area contributed by atoms with Crippen LogP contribution in [-0.4, -0.2) is 37.9 Å². The highest BCUT2D eigenvalue weighted by molar-refractivity contribution is 5.93. The second kappa shape index (κ2) is 4.71. The van der Waals surface area contributed by atoms with E-state index in [9.17, 15) is 9.59 Å². The van der Waals surface area contributed by atoms with E-state index in [0.717, 1.165) is 0 Å². The maximum absolute atomic E-state index is 11.6. The molecular formula is C12H14O5. The Labute approximate surface area is 99.0 Å². The molecule has 1 aliphatic carbocycles. The molecule has 0 aromatic heterocycles. The van der Waals surface area contributed by atoms with Crippen LogP contribution in [0.25, 0.3) is 0 Å². The van der Waals surface area contributed by atoms with E-state index in [2.05, 4.69) is 11.3 Å². The molecule has 1 saturated heterocycles. The summed E-state index contributed by atoms with van der Waals surface area (Å²) in [5.74, 6) is -1.31. The molecule has 5 nitrogen and oxygen atoms in total. The average molecular weight is 238 g/mol. The summed E-state index contributed by atoms with van der Waals surface area (Å²) in [5.41, 5.74) is 0.413. The van der Waals surface area contributed by atoms with Gasteiger partial charge >= 0.3 is 11.9 Å². The largest absolute Gasteiger partial charge is 0.466 e. The first-order valence-corrected chi connectivity index (χ1v) is 5.40. The zero-order chi connectivity index (χ0) is 12.4. The van der Waals surface area contributed by atoms with Gasteiger partial charge in [-0.3, -0.25) is 4.79 Å². The topological polar surface area (TPSA) is 61.8 Å². The Bertz CT molecular complexity index is 384. The molecule has 1 fully saturated rings. The van der Waals surface area contributed by atoms with Crippen molar-refractivity contribution in [3.63, 3.8) is 0 Å². The second-order valence-electron chi connectivity index (χ2n) is 3.96. The average Bonchev–Trinajstić information content (AvgIpc) is 2.35. The van der Waals surface area contributed by atoms with Gasteiger partial charge in [0.2, 0.25) is 0 Å². The zero-order valence-electron chi connectivity index (χ0n) is 9.55. The van der Waals surface area contributed by atoms with Crippen molar-refractivity contribution in [2.45, 2.75) is 18.6 Å². The molecule has 5 heteroatoms. The molecule has 17 heavy (non-hydrogen) atoms. The van der Waals surface area contributed by atoms with Gasteiger partial charge < -0.3 is 14.2 Å². The monoisotopic (exact) mass is 238 g/mol. The van der Waals surface area contributed by atoms with Gasteiger partial charge in [0.15, 0.2) is 0 Å². The maximum atomic E-state index is 11.6. The van der Waals surface area contributed by atoms with Crippen molar-refractivity contribution in [1.29, 1.82) is 0 Å². The molecule has 0 aromatic carbocycles. The molecule has 2 heterocycles. The number of hydrogen-bond donors (Lipinski definition) is 0.